The quantitative estimate of drug-likeness (QED) is 0.562. The molecule has 64 valence electrons. The molecule has 2 aliphatic heterocycles. The summed E-state index contributed by atoms with van der Waals surface area (Å²) in [5.74, 6) is 0. The largest absolute Gasteiger partial charge is 0.378 e. The molecule has 1 unspecified atom stereocenters. The number of nitrogens with one attached hydrogen (secondary N) is 1. The Morgan fingerprint density at radius 3 is 2.64 bits per heavy atom. The summed E-state index contributed by atoms with van der Waals surface area (Å²) in [6, 6.07) is 0. The molecule has 2 fully saturated rings. The lowest BCUT2D eigenvalue weighted by Crippen LogP contribution is -2.42. The first-order valence-electron chi connectivity index (χ1n) is 4.26. The van der Waals surface area contributed by atoms with Crippen molar-refractivity contribution in [2.45, 2.75) is 19.0 Å². The Morgan fingerprint density at radius 1 is 1.36 bits per heavy atom. The molecule has 2 aliphatic rings. The van der Waals surface area contributed by atoms with Gasteiger partial charge in [-0.3, -0.25) is 0 Å². The Balaban J connectivity index is 2.06. The van der Waals surface area contributed by atoms with Crippen LogP contribution in [0.1, 0.15) is 12.8 Å². The number of hydrogen-bond donors (Lipinski definition) is 1. The molecule has 2 nitrogen and oxygen atoms in total. The third-order valence-corrected chi connectivity index (χ3v) is 2.92. The van der Waals surface area contributed by atoms with E-state index >= 15 is 0 Å². The molecular formula is C8H14FNO. The lowest BCUT2D eigenvalue weighted by atomic mass is 9.77. The van der Waals surface area contributed by atoms with Crippen LogP contribution in [0, 0.1) is 5.41 Å². The molecule has 0 amide bonds. The number of hydrogen-bond acceptors (Lipinski definition) is 2. The van der Waals surface area contributed by atoms with Gasteiger partial charge < -0.3 is 10.1 Å². The predicted octanol–water partition coefficient (Wildman–Crippen LogP) is 0.724. The van der Waals surface area contributed by atoms with Crippen molar-refractivity contribution in [1.82, 2.24) is 5.32 Å². The van der Waals surface area contributed by atoms with Crippen LogP contribution in [0.3, 0.4) is 0 Å². The second-order valence-electron chi connectivity index (χ2n) is 3.60. The van der Waals surface area contributed by atoms with E-state index < -0.39 is 6.17 Å². The third kappa shape index (κ3) is 1.16. The van der Waals surface area contributed by atoms with Gasteiger partial charge in [0.2, 0.25) is 0 Å². The van der Waals surface area contributed by atoms with Gasteiger partial charge in [-0.15, -0.1) is 0 Å². The monoisotopic (exact) mass is 159 g/mol. The van der Waals surface area contributed by atoms with E-state index in [4.69, 9.17) is 4.74 Å². The van der Waals surface area contributed by atoms with Crippen LogP contribution in [0.2, 0.25) is 0 Å². The van der Waals surface area contributed by atoms with E-state index in [2.05, 4.69) is 5.32 Å². The van der Waals surface area contributed by atoms with Gasteiger partial charge in [0.25, 0.3) is 0 Å². The molecule has 0 aromatic heterocycles. The Morgan fingerprint density at radius 2 is 2.09 bits per heavy atom. The molecule has 0 aromatic carbocycles. The molecule has 0 saturated carbocycles. The van der Waals surface area contributed by atoms with Gasteiger partial charge in [0, 0.05) is 5.41 Å². The standard InChI is InChI=1S/C8H14FNO/c9-7-5-11-6-8(7)1-3-10-4-2-8/h7,10H,1-6H2. The summed E-state index contributed by atoms with van der Waals surface area (Å²) in [5, 5.41) is 3.23. The molecule has 0 radical (unpaired) electrons. The van der Waals surface area contributed by atoms with E-state index in [1.54, 1.807) is 0 Å². The normalized spacial score (nSPS) is 36.3. The molecule has 1 spiro atoms. The number of alkyl halides is 1. The van der Waals surface area contributed by atoms with Gasteiger partial charge in [0.15, 0.2) is 0 Å². The topological polar surface area (TPSA) is 21.3 Å². The maximum Gasteiger partial charge on any atom is 0.131 e. The van der Waals surface area contributed by atoms with Crippen LogP contribution in [0.25, 0.3) is 0 Å². The van der Waals surface area contributed by atoms with Gasteiger partial charge in [-0.1, -0.05) is 0 Å². The van der Waals surface area contributed by atoms with Gasteiger partial charge in [-0.2, -0.15) is 0 Å². The summed E-state index contributed by atoms with van der Waals surface area (Å²) in [6.45, 7) is 2.85. The van der Waals surface area contributed by atoms with Crippen molar-refractivity contribution in [2.75, 3.05) is 26.3 Å². The van der Waals surface area contributed by atoms with Crippen molar-refractivity contribution < 1.29 is 9.13 Å². The number of ether oxygens (including phenoxy) is 1. The van der Waals surface area contributed by atoms with Crippen molar-refractivity contribution >= 4 is 0 Å². The lowest BCUT2D eigenvalue weighted by molar-refractivity contribution is 0.103. The fourth-order valence-corrected chi connectivity index (χ4v) is 2.02. The van der Waals surface area contributed by atoms with E-state index in [1.165, 1.54) is 0 Å². The first-order chi connectivity index (χ1) is 5.33. The van der Waals surface area contributed by atoms with Crippen molar-refractivity contribution in [2.24, 2.45) is 5.41 Å². The maximum atomic E-state index is 13.3. The second-order valence-corrected chi connectivity index (χ2v) is 3.60. The molecule has 1 N–H and O–H groups in total. The Labute approximate surface area is 66.1 Å². The highest BCUT2D eigenvalue weighted by Gasteiger charge is 2.44. The first-order valence-corrected chi connectivity index (χ1v) is 4.26. The van der Waals surface area contributed by atoms with Gasteiger partial charge in [0.1, 0.15) is 6.17 Å². The third-order valence-electron chi connectivity index (χ3n) is 2.92. The van der Waals surface area contributed by atoms with Crippen LogP contribution < -0.4 is 5.32 Å². The Bertz CT molecular complexity index is 145. The zero-order valence-electron chi connectivity index (χ0n) is 6.61. The highest BCUT2D eigenvalue weighted by molar-refractivity contribution is 4.94. The first kappa shape index (κ1) is 7.50. The molecule has 3 heteroatoms. The minimum atomic E-state index is -0.718. The molecule has 1 atom stereocenters. The molecule has 0 aromatic rings. The van der Waals surface area contributed by atoms with Crippen LogP contribution in [0.5, 0.6) is 0 Å². The molecule has 0 aliphatic carbocycles. The fourth-order valence-electron chi connectivity index (χ4n) is 2.02. The summed E-state index contributed by atoms with van der Waals surface area (Å²) in [6.07, 6.45) is 1.16. The van der Waals surface area contributed by atoms with Crippen LogP contribution >= 0.6 is 0 Å². The summed E-state index contributed by atoms with van der Waals surface area (Å²) in [5.41, 5.74) is -0.120. The molecule has 2 saturated heterocycles. The van der Waals surface area contributed by atoms with E-state index in [9.17, 15) is 4.39 Å². The molecule has 2 heterocycles. The van der Waals surface area contributed by atoms with Crippen LogP contribution in [-0.2, 0) is 4.74 Å². The summed E-state index contributed by atoms with van der Waals surface area (Å²) in [4.78, 5) is 0. The van der Waals surface area contributed by atoms with Gasteiger partial charge in [-0.25, -0.2) is 4.39 Å². The number of rotatable bonds is 0. The van der Waals surface area contributed by atoms with Gasteiger partial charge in [0.05, 0.1) is 13.2 Å². The number of halogens is 1. The van der Waals surface area contributed by atoms with E-state index in [1.807, 2.05) is 0 Å². The zero-order chi connectivity index (χ0) is 7.73. The van der Waals surface area contributed by atoms with E-state index in [0.717, 1.165) is 25.9 Å². The Hall–Kier alpha value is -0.150. The van der Waals surface area contributed by atoms with Crippen molar-refractivity contribution in [3.63, 3.8) is 0 Å². The fraction of sp³-hybridized carbons (Fsp3) is 1.00. The van der Waals surface area contributed by atoms with E-state index in [0.29, 0.717) is 13.2 Å². The average molecular weight is 159 g/mol. The lowest BCUT2D eigenvalue weighted by Gasteiger charge is -2.33. The van der Waals surface area contributed by atoms with Gasteiger partial charge >= 0.3 is 0 Å². The minimum absolute atomic E-state index is 0.120. The minimum Gasteiger partial charge on any atom is -0.378 e. The zero-order valence-corrected chi connectivity index (χ0v) is 6.61. The summed E-state index contributed by atoms with van der Waals surface area (Å²) in [7, 11) is 0. The molecule has 0 bridgehead atoms. The van der Waals surface area contributed by atoms with Crippen molar-refractivity contribution in [1.29, 1.82) is 0 Å². The highest BCUT2D eigenvalue weighted by atomic mass is 19.1. The summed E-state index contributed by atoms with van der Waals surface area (Å²) < 4.78 is 18.5. The molecule has 11 heavy (non-hydrogen) atoms. The molecular weight excluding hydrogens is 145 g/mol. The van der Waals surface area contributed by atoms with Crippen LogP contribution in [0.4, 0.5) is 4.39 Å². The summed E-state index contributed by atoms with van der Waals surface area (Å²) >= 11 is 0. The second kappa shape index (κ2) is 2.72. The van der Waals surface area contributed by atoms with E-state index in [-0.39, 0.29) is 5.41 Å². The molecule has 2 rings (SSSR count). The Kier molecular flexibility index (Phi) is 1.85. The van der Waals surface area contributed by atoms with Crippen LogP contribution in [0.15, 0.2) is 0 Å². The van der Waals surface area contributed by atoms with Crippen LogP contribution in [-0.4, -0.2) is 32.5 Å². The van der Waals surface area contributed by atoms with Gasteiger partial charge in [-0.05, 0) is 25.9 Å². The van der Waals surface area contributed by atoms with Crippen molar-refractivity contribution in [3.8, 4) is 0 Å². The number of piperidine rings is 1. The van der Waals surface area contributed by atoms with Crippen molar-refractivity contribution in [3.05, 3.63) is 0 Å². The predicted molar refractivity (Wildman–Crippen MR) is 40.3 cm³/mol. The average Bonchev–Trinajstić information content (AvgIpc) is 2.36. The highest BCUT2D eigenvalue weighted by Crippen LogP contribution is 2.39. The smallest absolute Gasteiger partial charge is 0.131 e. The SMILES string of the molecule is FC1COCC12CCNCC2. The maximum absolute atomic E-state index is 13.3.